The van der Waals surface area contributed by atoms with Gasteiger partial charge in [0.2, 0.25) is 13.4 Å². The average molecular weight is 981 g/mol. The molecule has 0 amide bonds. The molecular formula is C64H48B2F6N2. The third-order valence-corrected chi connectivity index (χ3v) is 16.5. The SMILES string of the molecule is Cc1ccc2c(c1)N(c1ccccc1)c1cc(C(F)(F)F)cc3c1B2c1cc2c(C(C)(C)C)cc4c5c(cc6c(C(C)(C)C)cc-3c1c6c25)B1c2ccc(C(F)(F)F)cc2N(c2ccccc2)c2cc(C)cc-4c21. The quantitative estimate of drug-likeness (QED) is 0.0967. The van der Waals surface area contributed by atoms with E-state index in [0.29, 0.717) is 16.9 Å². The van der Waals surface area contributed by atoms with Gasteiger partial charge >= 0.3 is 12.4 Å². The van der Waals surface area contributed by atoms with Gasteiger partial charge < -0.3 is 9.80 Å². The fraction of sp³-hybridized carbons (Fsp3) is 0.188. The number of halogens is 6. The van der Waals surface area contributed by atoms with Crippen molar-refractivity contribution in [2.75, 3.05) is 9.80 Å². The van der Waals surface area contributed by atoms with Crippen molar-refractivity contribution in [1.29, 1.82) is 0 Å². The zero-order valence-electron chi connectivity index (χ0n) is 42.2. The molecule has 0 radical (unpaired) electrons. The summed E-state index contributed by atoms with van der Waals surface area (Å²) in [5.74, 6) is 0. The molecule has 74 heavy (non-hydrogen) atoms. The van der Waals surface area contributed by atoms with Crippen LogP contribution in [0.3, 0.4) is 0 Å². The highest BCUT2D eigenvalue weighted by Crippen LogP contribution is 2.53. The Labute approximate surface area is 426 Å². The number of fused-ring (bicyclic) bond motifs is 8. The highest BCUT2D eigenvalue weighted by molar-refractivity contribution is 7.02. The first-order valence-electron chi connectivity index (χ1n) is 25.4. The normalized spacial score (nSPS) is 14.5. The van der Waals surface area contributed by atoms with E-state index in [1.807, 2.05) is 77.4 Å². The van der Waals surface area contributed by atoms with E-state index in [2.05, 4.69) is 103 Å². The molecule has 0 aromatic heterocycles. The average Bonchev–Trinajstić information content (AvgIpc) is 3.42. The van der Waals surface area contributed by atoms with Gasteiger partial charge in [0.15, 0.2) is 0 Å². The molecule has 0 saturated heterocycles. The smallest absolute Gasteiger partial charge is 0.311 e. The van der Waals surface area contributed by atoms with Gasteiger partial charge in [-0.1, -0.05) is 131 Å². The van der Waals surface area contributed by atoms with Crippen LogP contribution in [-0.2, 0) is 23.2 Å². The van der Waals surface area contributed by atoms with E-state index < -0.39 is 42.3 Å². The first-order valence-corrected chi connectivity index (χ1v) is 25.4. The molecule has 14 rings (SSSR count). The molecule has 0 bridgehead atoms. The Kier molecular flexibility index (Phi) is 8.94. The van der Waals surface area contributed by atoms with Gasteiger partial charge in [-0.15, -0.1) is 0 Å². The summed E-state index contributed by atoms with van der Waals surface area (Å²) in [6.45, 7) is 16.4. The minimum absolute atomic E-state index is 0.385. The highest BCUT2D eigenvalue weighted by atomic mass is 19.4. The van der Waals surface area contributed by atoms with Crippen LogP contribution in [0.5, 0.6) is 0 Å². The number of nitrogens with zero attached hydrogens (tertiary/aromatic N) is 2. The fourth-order valence-corrected chi connectivity index (χ4v) is 13.6. The molecule has 0 unspecified atom stereocenters. The monoisotopic (exact) mass is 980 g/mol. The molecule has 10 aromatic carbocycles. The number of para-hydroxylation sites is 2. The van der Waals surface area contributed by atoms with Crippen LogP contribution in [0.4, 0.5) is 60.5 Å². The van der Waals surface area contributed by atoms with Crippen LogP contribution in [0, 0.1) is 13.8 Å². The minimum Gasteiger partial charge on any atom is -0.311 e. The van der Waals surface area contributed by atoms with Crippen LogP contribution in [0.1, 0.15) is 74.9 Å². The van der Waals surface area contributed by atoms with Crippen molar-refractivity contribution in [2.45, 2.75) is 78.6 Å². The van der Waals surface area contributed by atoms with E-state index in [4.69, 9.17) is 0 Å². The molecule has 4 heterocycles. The summed E-state index contributed by atoms with van der Waals surface area (Å²) < 4.78 is 91.6. The standard InChI is InChI=1S/C64H48B2F6N2/c1-33-19-21-47-51(24-33)73(37-15-11-9-12-16-37)54-28-36(64(70,71)72)26-42-40-30-46(62(6,7)8)44-31-49-55-39(29-45(61(3,4)5)43-32-50(65(47)60(42)54)56(40)58(44)57(43)55)41-23-34(2)25-53-59(41)66(49)48-22-20-35(63(67,68)69)27-52(48)74(53)38-17-13-10-14-18-38/h9-32H,1-8H3. The Morgan fingerprint density at radius 1 is 0.365 bits per heavy atom. The largest absolute Gasteiger partial charge is 0.416 e. The molecule has 0 aliphatic carbocycles. The number of hydrogen-bond acceptors (Lipinski definition) is 2. The summed E-state index contributed by atoms with van der Waals surface area (Å²) in [5, 5.41) is 6.10. The Hall–Kier alpha value is -7.45. The molecule has 0 fully saturated rings. The lowest BCUT2D eigenvalue weighted by Crippen LogP contribution is -2.60. The molecular weight excluding hydrogens is 932 g/mol. The van der Waals surface area contributed by atoms with Crippen molar-refractivity contribution < 1.29 is 26.3 Å². The molecule has 4 aliphatic rings. The Morgan fingerprint density at radius 3 is 1.28 bits per heavy atom. The van der Waals surface area contributed by atoms with Gasteiger partial charge in [-0.05, 0) is 190 Å². The van der Waals surface area contributed by atoms with Crippen LogP contribution >= 0.6 is 0 Å². The molecule has 10 aromatic rings. The lowest BCUT2D eigenvalue weighted by molar-refractivity contribution is -0.138. The summed E-state index contributed by atoms with van der Waals surface area (Å²) in [5.41, 5.74) is 15.1. The molecule has 0 atom stereocenters. The second-order valence-electron chi connectivity index (χ2n) is 23.2. The number of benzene rings is 10. The molecule has 4 aliphatic heterocycles. The van der Waals surface area contributed by atoms with Crippen molar-refractivity contribution in [3.63, 3.8) is 0 Å². The van der Waals surface area contributed by atoms with Gasteiger partial charge in [0.25, 0.3) is 0 Å². The van der Waals surface area contributed by atoms with E-state index in [-0.39, 0.29) is 5.41 Å². The molecule has 2 nitrogen and oxygen atoms in total. The van der Waals surface area contributed by atoms with E-state index >= 15 is 13.2 Å². The molecule has 0 saturated carbocycles. The van der Waals surface area contributed by atoms with Gasteiger partial charge in [0.05, 0.1) is 11.1 Å². The third-order valence-electron chi connectivity index (χ3n) is 16.5. The van der Waals surface area contributed by atoms with Gasteiger partial charge in [-0.3, -0.25) is 0 Å². The van der Waals surface area contributed by atoms with Gasteiger partial charge in [-0.2, -0.15) is 26.3 Å². The van der Waals surface area contributed by atoms with Gasteiger partial charge in [0, 0.05) is 34.1 Å². The summed E-state index contributed by atoms with van der Waals surface area (Å²) in [7, 11) is 0. The molecule has 10 heteroatoms. The second kappa shape index (κ2) is 14.6. The van der Waals surface area contributed by atoms with Crippen LogP contribution in [0.15, 0.2) is 146 Å². The third kappa shape index (κ3) is 6.11. The first-order chi connectivity index (χ1) is 35.1. The van der Waals surface area contributed by atoms with Gasteiger partial charge in [-0.25, -0.2) is 0 Å². The summed E-state index contributed by atoms with van der Waals surface area (Å²) in [4.78, 5) is 4.03. The minimum atomic E-state index is -4.65. The lowest BCUT2D eigenvalue weighted by atomic mass is 9.31. The second-order valence-corrected chi connectivity index (χ2v) is 23.2. The fourth-order valence-electron chi connectivity index (χ4n) is 13.6. The zero-order valence-corrected chi connectivity index (χ0v) is 42.2. The van der Waals surface area contributed by atoms with E-state index in [1.54, 1.807) is 6.07 Å². The summed E-state index contributed by atoms with van der Waals surface area (Å²) >= 11 is 0. The van der Waals surface area contributed by atoms with Crippen LogP contribution in [0.2, 0.25) is 0 Å². The summed E-state index contributed by atoms with van der Waals surface area (Å²) in [6, 6.07) is 46.3. The van der Waals surface area contributed by atoms with Crippen molar-refractivity contribution >= 4 is 113 Å². The summed E-state index contributed by atoms with van der Waals surface area (Å²) in [6.07, 6.45) is -9.23. The maximum absolute atomic E-state index is 15.6. The van der Waals surface area contributed by atoms with Crippen molar-refractivity contribution in [3.05, 3.63) is 179 Å². The zero-order chi connectivity index (χ0) is 51.4. The van der Waals surface area contributed by atoms with Crippen LogP contribution in [-0.4, -0.2) is 13.4 Å². The number of aryl methyl sites for hydroxylation is 2. The predicted octanol–water partition coefficient (Wildman–Crippen LogP) is 14.4. The number of alkyl halides is 6. The Balaban J connectivity index is 1.19. The number of rotatable bonds is 2. The maximum atomic E-state index is 15.6. The topological polar surface area (TPSA) is 6.48 Å². The number of hydrogen-bond donors (Lipinski definition) is 0. The van der Waals surface area contributed by atoms with Crippen LogP contribution < -0.4 is 42.6 Å². The van der Waals surface area contributed by atoms with E-state index in [1.165, 1.54) is 24.3 Å². The van der Waals surface area contributed by atoms with Gasteiger partial charge in [0.1, 0.15) is 0 Å². The van der Waals surface area contributed by atoms with Crippen LogP contribution in [0.25, 0.3) is 54.6 Å². The first kappa shape index (κ1) is 45.2. The Morgan fingerprint density at radius 2 is 0.797 bits per heavy atom. The molecule has 0 N–H and O–H groups in total. The van der Waals surface area contributed by atoms with Crippen molar-refractivity contribution in [2.24, 2.45) is 0 Å². The number of anilines is 6. The van der Waals surface area contributed by atoms with Crippen molar-refractivity contribution in [3.8, 4) is 22.3 Å². The predicted molar refractivity (Wildman–Crippen MR) is 297 cm³/mol. The van der Waals surface area contributed by atoms with E-state index in [0.717, 1.165) is 127 Å². The molecule has 362 valence electrons. The highest BCUT2D eigenvalue weighted by Gasteiger charge is 2.48. The lowest BCUT2D eigenvalue weighted by Gasteiger charge is -2.43. The Bertz CT molecular complexity index is 4110. The van der Waals surface area contributed by atoms with E-state index in [9.17, 15) is 13.2 Å². The van der Waals surface area contributed by atoms with Crippen molar-refractivity contribution in [1.82, 2.24) is 0 Å². The maximum Gasteiger partial charge on any atom is 0.416 e. The molecule has 0 spiro atoms.